The number of nitrogens with one attached hydrogen (secondary N) is 2. The second-order valence-electron chi connectivity index (χ2n) is 5.53. The van der Waals surface area contributed by atoms with Gasteiger partial charge in [-0.2, -0.15) is 9.97 Å². The standard InChI is InChI=1S/C13H23N5O/c1-9-4-3-5-13(19,7-9)8-16-11-6-10(15-2)17-12(14)18-11/h6,9,19H,3-5,7-8H2,1-2H3,(H4,14,15,16,17,18). The van der Waals surface area contributed by atoms with Crippen molar-refractivity contribution in [3.63, 3.8) is 0 Å². The Morgan fingerprint density at radius 3 is 2.89 bits per heavy atom. The Morgan fingerprint density at radius 1 is 1.47 bits per heavy atom. The molecular formula is C13H23N5O. The van der Waals surface area contributed by atoms with Crippen LogP contribution in [0.25, 0.3) is 0 Å². The van der Waals surface area contributed by atoms with E-state index in [4.69, 9.17) is 5.73 Å². The van der Waals surface area contributed by atoms with Crippen molar-refractivity contribution in [1.82, 2.24) is 9.97 Å². The fourth-order valence-electron chi connectivity index (χ4n) is 2.73. The second-order valence-corrected chi connectivity index (χ2v) is 5.53. The van der Waals surface area contributed by atoms with E-state index < -0.39 is 5.60 Å². The maximum Gasteiger partial charge on any atom is 0.223 e. The molecule has 0 spiro atoms. The van der Waals surface area contributed by atoms with Gasteiger partial charge >= 0.3 is 0 Å². The van der Waals surface area contributed by atoms with Crippen LogP contribution in [0.5, 0.6) is 0 Å². The molecule has 1 aromatic heterocycles. The van der Waals surface area contributed by atoms with Gasteiger partial charge in [-0.3, -0.25) is 0 Å². The number of hydrogen-bond acceptors (Lipinski definition) is 6. The number of aliphatic hydroxyl groups is 1. The topological polar surface area (TPSA) is 96.1 Å². The third kappa shape index (κ3) is 3.70. The first-order valence-electron chi connectivity index (χ1n) is 6.79. The lowest BCUT2D eigenvalue weighted by molar-refractivity contribution is -0.000826. The third-order valence-corrected chi connectivity index (χ3v) is 3.67. The van der Waals surface area contributed by atoms with Gasteiger partial charge in [0.2, 0.25) is 5.95 Å². The van der Waals surface area contributed by atoms with Crippen LogP contribution >= 0.6 is 0 Å². The molecule has 1 aromatic rings. The number of nitrogens with two attached hydrogens (primary N) is 1. The summed E-state index contributed by atoms with van der Waals surface area (Å²) in [4.78, 5) is 8.15. The van der Waals surface area contributed by atoms with Crippen LogP contribution in [0.3, 0.4) is 0 Å². The van der Waals surface area contributed by atoms with Crippen LogP contribution in [0.2, 0.25) is 0 Å². The van der Waals surface area contributed by atoms with E-state index in [-0.39, 0.29) is 5.95 Å². The lowest BCUT2D eigenvalue weighted by Crippen LogP contribution is -2.41. The predicted molar refractivity (Wildman–Crippen MR) is 77.1 cm³/mol. The summed E-state index contributed by atoms with van der Waals surface area (Å²) >= 11 is 0. The molecule has 2 unspecified atom stereocenters. The lowest BCUT2D eigenvalue weighted by atomic mass is 9.79. The number of hydrogen-bond donors (Lipinski definition) is 4. The molecule has 0 bridgehead atoms. The second kappa shape index (κ2) is 5.61. The van der Waals surface area contributed by atoms with Crippen molar-refractivity contribution in [2.45, 2.75) is 38.2 Å². The number of rotatable bonds is 4. The molecule has 1 heterocycles. The predicted octanol–water partition coefficient (Wildman–Crippen LogP) is 1.45. The van der Waals surface area contributed by atoms with Gasteiger partial charge in [0.25, 0.3) is 0 Å². The van der Waals surface area contributed by atoms with Gasteiger partial charge in [0.15, 0.2) is 0 Å². The Kier molecular flexibility index (Phi) is 4.09. The van der Waals surface area contributed by atoms with Gasteiger partial charge in [0.1, 0.15) is 11.6 Å². The molecule has 6 heteroatoms. The molecule has 19 heavy (non-hydrogen) atoms. The molecule has 1 fully saturated rings. The van der Waals surface area contributed by atoms with E-state index in [0.29, 0.717) is 24.1 Å². The molecule has 6 nitrogen and oxygen atoms in total. The fraction of sp³-hybridized carbons (Fsp3) is 0.692. The first-order valence-corrected chi connectivity index (χ1v) is 6.79. The Labute approximate surface area is 113 Å². The van der Waals surface area contributed by atoms with Crippen LogP contribution in [0.1, 0.15) is 32.6 Å². The first-order chi connectivity index (χ1) is 9.00. The summed E-state index contributed by atoms with van der Waals surface area (Å²) in [5.41, 5.74) is 4.99. The van der Waals surface area contributed by atoms with Gasteiger partial charge in [0.05, 0.1) is 5.60 Å². The van der Waals surface area contributed by atoms with E-state index in [0.717, 1.165) is 19.3 Å². The van der Waals surface area contributed by atoms with Crippen molar-refractivity contribution in [1.29, 1.82) is 0 Å². The highest BCUT2D eigenvalue weighted by Gasteiger charge is 2.32. The van der Waals surface area contributed by atoms with E-state index in [1.807, 2.05) is 0 Å². The highest BCUT2D eigenvalue weighted by Crippen LogP contribution is 2.32. The molecule has 1 aliphatic rings. The first kappa shape index (κ1) is 13.9. The zero-order valence-electron chi connectivity index (χ0n) is 11.6. The zero-order valence-corrected chi connectivity index (χ0v) is 11.6. The Morgan fingerprint density at radius 2 is 2.21 bits per heavy atom. The van der Waals surface area contributed by atoms with E-state index in [2.05, 4.69) is 27.5 Å². The monoisotopic (exact) mass is 265 g/mol. The maximum absolute atomic E-state index is 10.5. The van der Waals surface area contributed by atoms with Gasteiger partial charge in [-0.25, -0.2) is 0 Å². The molecule has 0 aliphatic heterocycles. The average molecular weight is 265 g/mol. The molecule has 5 N–H and O–H groups in total. The number of nitrogens with zero attached hydrogens (tertiary/aromatic N) is 2. The summed E-state index contributed by atoms with van der Waals surface area (Å²) in [6, 6.07) is 1.78. The van der Waals surface area contributed by atoms with E-state index in [1.54, 1.807) is 13.1 Å². The van der Waals surface area contributed by atoms with Gasteiger partial charge in [0, 0.05) is 19.7 Å². The van der Waals surface area contributed by atoms with E-state index in [9.17, 15) is 5.11 Å². The van der Waals surface area contributed by atoms with Gasteiger partial charge in [-0.05, 0) is 18.8 Å². The molecule has 2 rings (SSSR count). The molecule has 0 saturated heterocycles. The van der Waals surface area contributed by atoms with E-state index in [1.165, 1.54) is 6.42 Å². The minimum absolute atomic E-state index is 0.221. The van der Waals surface area contributed by atoms with Crippen molar-refractivity contribution in [2.75, 3.05) is 30.0 Å². The largest absolute Gasteiger partial charge is 0.388 e. The number of aromatic nitrogens is 2. The third-order valence-electron chi connectivity index (χ3n) is 3.67. The maximum atomic E-state index is 10.5. The molecule has 106 valence electrons. The summed E-state index contributed by atoms with van der Waals surface area (Å²) in [5, 5.41) is 16.6. The Hall–Kier alpha value is -1.56. The van der Waals surface area contributed by atoms with Crippen LogP contribution in [-0.4, -0.2) is 34.3 Å². The minimum Gasteiger partial charge on any atom is -0.388 e. The summed E-state index contributed by atoms with van der Waals surface area (Å²) in [6.45, 7) is 2.68. The van der Waals surface area contributed by atoms with Crippen molar-refractivity contribution >= 4 is 17.6 Å². The van der Waals surface area contributed by atoms with Crippen LogP contribution in [-0.2, 0) is 0 Å². The number of nitrogen functional groups attached to an aromatic ring is 1. The Bertz CT molecular complexity index is 439. The van der Waals surface area contributed by atoms with Crippen LogP contribution in [0.15, 0.2) is 6.07 Å². The quantitative estimate of drug-likeness (QED) is 0.658. The summed E-state index contributed by atoms with van der Waals surface area (Å²) in [7, 11) is 1.78. The van der Waals surface area contributed by atoms with Crippen molar-refractivity contribution in [3.8, 4) is 0 Å². The van der Waals surface area contributed by atoms with Crippen molar-refractivity contribution < 1.29 is 5.11 Å². The van der Waals surface area contributed by atoms with Gasteiger partial charge in [-0.15, -0.1) is 0 Å². The summed E-state index contributed by atoms with van der Waals surface area (Å²) < 4.78 is 0. The molecule has 0 radical (unpaired) electrons. The van der Waals surface area contributed by atoms with E-state index >= 15 is 0 Å². The molecular weight excluding hydrogens is 242 g/mol. The summed E-state index contributed by atoms with van der Waals surface area (Å²) in [5.74, 6) is 2.10. The van der Waals surface area contributed by atoms with Gasteiger partial charge in [-0.1, -0.05) is 19.8 Å². The van der Waals surface area contributed by atoms with Crippen molar-refractivity contribution in [3.05, 3.63) is 6.07 Å². The number of anilines is 3. The highest BCUT2D eigenvalue weighted by molar-refractivity contribution is 5.50. The highest BCUT2D eigenvalue weighted by atomic mass is 16.3. The average Bonchev–Trinajstić information content (AvgIpc) is 2.35. The lowest BCUT2D eigenvalue weighted by Gasteiger charge is -2.35. The summed E-state index contributed by atoms with van der Waals surface area (Å²) in [6.07, 6.45) is 3.95. The zero-order chi connectivity index (χ0) is 13.9. The molecule has 0 amide bonds. The molecule has 1 aliphatic carbocycles. The van der Waals surface area contributed by atoms with Gasteiger partial charge < -0.3 is 21.5 Å². The normalized spacial score (nSPS) is 27.0. The minimum atomic E-state index is -0.642. The molecule has 0 aromatic carbocycles. The fourth-order valence-corrected chi connectivity index (χ4v) is 2.73. The van der Waals surface area contributed by atoms with Crippen LogP contribution in [0, 0.1) is 5.92 Å². The van der Waals surface area contributed by atoms with Crippen molar-refractivity contribution in [2.24, 2.45) is 5.92 Å². The molecule has 1 saturated carbocycles. The van der Waals surface area contributed by atoms with Crippen LogP contribution < -0.4 is 16.4 Å². The molecule has 2 atom stereocenters. The SMILES string of the molecule is CNc1cc(NCC2(O)CCCC(C)C2)nc(N)n1. The smallest absolute Gasteiger partial charge is 0.223 e. The van der Waals surface area contributed by atoms with Crippen LogP contribution in [0.4, 0.5) is 17.6 Å². The Balaban J connectivity index is 1.99.